The van der Waals surface area contributed by atoms with Gasteiger partial charge in [0.15, 0.2) is 5.78 Å². The summed E-state index contributed by atoms with van der Waals surface area (Å²) in [6.45, 7) is 4.91. The lowest BCUT2D eigenvalue weighted by atomic mass is 9.64. The number of ketones is 1. The number of carbonyl (C=O) groups is 2. The molecular formula is C18H19N3O2. The van der Waals surface area contributed by atoms with Crippen molar-refractivity contribution in [3.63, 3.8) is 0 Å². The van der Waals surface area contributed by atoms with E-state index in [4.69, 9.17) is 0 Å². The molecule has 1 aromatic heterocycles. The Hall–Kier alpha value is -2.48. The first-order chi connectivity index (χ1) is 10.9. The molecule has 0 aromatic carbocycles. The van der Waals surface area contributed by atoms with E-state index in [9.17, 15) is 14.9 Å². The molecule has 2 heterocycles. The molecule has 0 radical (unpaired) electrons. The van der Waals surface area contributed by atoms with Crippen LogP contribution in [0, 0.1) is 22.2 Å². The summed E-state index contributed by atoms with van der Waals surface area (Å²) in [5, 5.41) is 9.26. The lowest BCUT2D eigenvalue weighted by Crippen LogP contribution is -2.40. The largest absolute Gasteiger partial charge is 0.336 e. The van der Waals surface area contributed by atoms with Crippen molar-refractivity contribution >= 4 is 11.7 Å². The average Bonchev–Trinajstić information content (AvgIpc) is 2.94. The van der Waals surface area contributed by atoms with Crippen LogP contribution >= 0.6 is 0 Å². The number of rotatable bonds is 1. The molecule has 2 aliphatic rings. The number of aromatic nitrogens is 1. The fourth-order valence-corrected chi connectivity index (χ4v) is 3.81. The molecule has 1 aromatic rings. The number of pyridine rings is 1. The van der Waals surface area contributed by atoms with Gasteiger partial charge in [0.25, 0.3) is 5.91 Å². The number of nitriles is 1. The van der Waals surface area contributed by atoms with Gasteiger partial charge in [0.2, 0.25) is 0 Å². The van der Waals surface area contributed by atoms with Crippen LogP contribution in [0.5, 0.6) is 0 Å². The molecule has 1 saturated heterocycles. The Morgan fingerprint density at radius 2 is 2.17 bits per heavy atom. The van der Waals surface area contributed by atoms with E-state index >= 15 is 0 Å². The molecule has 0 saturated carbocycles. The second kappa shape index (κ2) is 5.31. The van der Waals surface area contributed by atoms with E-state index in [1.165, 1.54) is 0 Å². The summed E-state index contributed by atoms with van der Waals surface area (Å²) in [5.74, 6) is -0.191. The number of allylic oxidation sites excluding steroid dienone is 1. The highest BCUT2D eigenvalue weighted by Crippen LogP contribution is 2.48. The van der Waals surface area contributed by atoms with Crippen LogP contribution in [0.3, 0.4) is 0 Å². The number of hydrogen-bond donors (Lipinski definition) is 0. The molecule has 0 N–H and O–H groups in total. The second-order valence-corrected chi connectivity index (χ2v) is 7.11. The number of nitrogens with zero attached hydrogens (tertiary/aromatic N) is 3. The summed E-state index contributed by atoms with van der Waals surface area (Å²) >= 11 is 0. The van der Waals surface area contributed by atoms with Crippen LogP contribution in [0.25, 0.3) is 0 Å². The third-order valence-electron chi connectivity index (χ3n) is 4.78. The van der Waals surface area contributed by atoms with Gasteiger partial charge < -0.3 is 4.90 Å². The molecule has 1 amide bonds. The van der Waals surface area contributed by atoms with Crippen LogP contribution in [-0.2, 0) is 4.79 Å². The van der Waals surface area contributed by atoms with Crippen molar-refractivity contribution in [3.8, 4) is 6.07 Å². The van der Waals surface area contributed by atoms with Gasteiger partial charge in [-0.3, -0.25) is 14.6 Å². The Balaban J connectivity index is 1.87. The summed E-state index contributed by atoms with van der Waals surface area (Å²) in [5.41, 5.74) is -0.190. The SMILES string of the molecule is CC1(C)CC2(C=C(C#N)C1=O)CCN(C(=O)c1ccccn1)C2. The van der Waals surface area contributed by atoms with E-state index in [2.05, 4.69) is 4.98 Å². The quantitative estimate of drug-likeness (QED) is 0.798. The zero-order valence-corrected chi connectivity index (χ0v) is 13.4. The van der Waals surface area contributed by atoms with Gasteiger partial charge in [-0.15, -0.1) is 0 Å². The Kier molecular flexibility index (Phi) is 3.56. The molecule has 0 bridgehead atoms. The van der Waals surface area contributed by atoms with E-state index in [1.807, 2.05) is 19.9 Å². The molecule has 5 heteroatoms. The minimum absolute atomic E-state index is 0.0934. The van der Waals surface area contributed by atoms with Gasteiger partial charge in [-0.25, -0.2) is 0 Å². The van der Waals surface area contributed by atoms with E-state index in [0.717, 1.165) is 6.42 Å². The van der Waals surface area contributed by atoms with Crippen LogP contribution in [0.2, 0.25) is 0 Å². The maximum absolute atomic E-state index is 12.6. The third kappa shape index (κ3) is 2.65. The number of likely N-dealkylation sites (tertiary alicyclic amines) is 1. The molecule has 1 atom stereocenters. The Morgan fingerprint density at radius 3 is 2.83 bits per heavy atom. The molecule has 1 aliphatic heterocycles. The zero-order chi connectivity index (χ0) is 16.7. The summed E-state index contributed by atoms with van der Waals surface area (Å²) in [6, 6.07) is 7.31. The van der Waals surface area contributed by atoms with Crippen LogP contribution in [0.1, 0.15) is 37.2 Å². The van der Waals surface area contributed by atoms with Gasteiger partial charge >= 0.3 is 0 Å². The summed E-state index contributed by atoms with van der Waals surface area (Å²) in [7, 11) is 0. The van der Waals surface area contributed by atoms with Crippen molar-refractivity contribution in [3.05, 3.63) is 41.7 Å². The maximum atomic E-state index is 12.6. The van der Waals surface area contributed by atoms with Crippen molar-refractivity contribution in [2.75, 3.05) is 13.1 Å². The molecule has 3 rings (SSSR count). The number of Topliss-reactive ketones (excluding diaryl/α,β-unsaturated/α-hetero) is 1. The maximum Gasteiger partial charge on any atom is 0.272 e. The molecule has 1 aliphatic carbocycles. The normalized spacial score (nSPS) is 26.0. The molecule has 5 nitrogen and oxygen atoms in total. The first-order valence-electron chi connectivity index (χ1n) is 7.75. The zero-order valence-electron chi connectivity index (χ0n) is 13.4. The fourth-order valence-electron chi connectivity index (χ4n) is 3.81. The first-order valence-corrected chi connectivity index (χ1v) is 7.75. The summed E-state index contributed by atoms with van der Waals surface area (Å²) in [6.07, 6.45) is 4.84. The minimum Gasteiger partial charge on any atom is -0.336 e. The van der Waals surface area contributed by atoms with Crippen LogP contribution < -0.4 is 0 Å². The molecule has 1 spiro atoms. The Labute approximate surface area is 135 Å². The van der Waals surface area contributed by atoms with Crippen LogP contribution in [-0.4, -0.2) is 34.7 Å². The predicted molar refractivity (Wildman–Crippen MR) is 84.3 cm³/mol. The highest BCUT2D eigenvalue weighted by Gasteiger charge is 2.48. The van der Waals surface area contributed by atoms with E-state index in [0.29, 0.717) is 25.2 Å². The van der Waals surface area contributed by atoms with Crippen LogP contribution in [0.4, 0.5) is 0 Å². The molecule has 1 unspecified atom stereocenters. The third-order valence-corrected chi connectivity index (χ3v) is 4.78. The Morgan fingerprint density at radius 1 is 1.39 bits per heavy atom. The molecule has 1 fully saturated rings. The Bertz CT molecular complexity index is 730. The van der Waals surface area contributed by atoms with E-state index in [-0.39, 0.29) is 22.7 Å². The van der Waals surface area contributed by atoms with E-state index < -0.39 is 5.41 Å². The lowest BCUT2D eigenvalue weighted by molar-refractivity contribution is -0.125. The van der Waals surface area contributed by atoms with Gasteiger partial charge in [0.1, 0.15) is 11.8 Å². The summed E-state index contributed by atoms with van der Waals surface area (Å²) < 4.78 is 0. The second-order valence-electron chi connectivity index (χ2n) is 7.11. The number of hydrogen-bond acceptors (Lipinski definition) is 4. The van der Waals surface area contributed by atoms with Gasteiger partial charge in [-0.05, 0) is 25.0 Å². The van der Waals surface area contributed by atoms with Gasteiger partial charge in [0.05, 0.1) is 5.57 Å². The molecule has 23 heavy (non-hydrogen) atoms. The highest BCUT2D eigenvalue weighted by molar-refractivity contribution is 6.03. The predicted octanol–water partition coefficient (Wildman–Crippen LogP) is 2.36. The smallest absolute Gasteiger partial charge is 0.272 e. The van der Waals surface area contributed by atoms with Crippen molar-refractivity contribution in [1.29, 1.82) is 5.26 Å². The van der Waals surface area contributed by atoms with Crippen molar-refractivity contribution in [1.82, 2.24) is 9.88 Å². The van der Waals surface area contributed by atoms with Crippen molar-refractivity contribution < 1.29 is 9.59 Å². The molecule has 118 valence electrons. The number of amides is 1. The van der Waals surface area contributed by atoms with Crippen molar-refractivity contribution in [2.24, 2.45) is 10.8 Å². The topological polar surface area (TPSA) is 74.1 Å². The van der Waals surface area contributed by atoms with Gasteiger partial charge in [-0.1, -0.05) is 26.0 Å². The van der Waals surface area contributed by atoms with E-state index in [1.54, 1.807) is 35.4 Å². The van der Waals surface area contributed by atoms with Crippen molar-refractivity contribution in [2.45, 2.75) is 26.7 Å². The lowest BCUT2D eigenvalue weighted by Gasteiger charge is -2.38. The van der Waals surface area contributed by atoms with Gasteiger partial charge in [-0.2, -0.15) is 5.26 Å². The van der Waals surface area contributed by atoms with Crippen LogP contribution in [0.15, 0.2) is 36.0 Å². The minimum atomic E-state index is -0.566. The fraction of sp³-hybridized carbons (Fsp3) is 0.444. The number of carbonyl (C=O) groups excluding carboxylic acids is 2. The summed E-state index contributed by atoms with van der Waals surface area (Å²) in [4.78, 5) is 30.7. The highest BCUT2D eigenvalue weighted by atomic mass is 16.2. The monoisotopic (exact) mass is 309 g/mol. The molecular weight excluding hydrogens is 290 g/mol. The average molecular weight is 309 g/mol. The standard InChI is InChI=1S/C18H19N3O2/c1-17(2)11-18(9-13(10-19)15(17)22)6-8-21(12-18)16(23)14-5-3-4-7-20-14/h3-5,7,9H,6,8,11-12H2,1-2H3. The van der Waals surface area contributed by atoms with Gasteiger partial charge in [0, 0.05) is 30.1 Å². The first kappa shape index (κ1) is 15.4.